The van der Waals surface area contributed by atoms with E-state index in [1.807, 2.05) is 42.5 Å². The normalized spacial score (nSPS) is 24.9. The molecule has 2 aromatic rings. The average molecular weight is 320 g/mol. The highest BCUT2D eigenvalue weighted by Gasteiger charge is 2.46. The van der Waals surface area contributed by atoms with Crippen LogP contribution in [0.2, 0.25) is 10.0 Å². The zero-order chi connectivity index (χ0) is 15.0. The predicted octanol–water partition coefficient (Wildman–Crippen LogP) is 4.51. The lowest BCUT2D eigenvalue weighted by Crippen LogP contribution is -2.30. The lowest BCUT2D eigenvalue weighted by Gasteiger charge is -2.32. The number of nitrogens with one attached hydrogen (secondary N) is 1. The maximum absolute atomic E-state index is 12.0. The van der Waals surface area contributed by atoms with Crippen molar-refractivity contribution >= 4 is 29.1 Å². The smallest absolute Gasteiger partial charge is 0.221 e. The molecule has 21 heavy (non-hydrogen) atoms. The van der Waals surface area contributed by atoms with Crippen molar-refractivity contribution in [3.8, 4) is 0 Å². The van der Waals surface area contributed by atoms with E-state index in [4.69, 9.17) is 23.2 Å². The van der Waals surface area contributed by atoms with Crippen LogP contribution in [0.3, 0.4) is 0 Å². The van der Waals surface area contributed by atoms with Crippen molar-refractivity contribution in [1.82, 2.24) is 5.32 Å². The maximum atomic E-state index is 12.0. The first-order valence-electron chi connectivity index (χ1n) is 6.80. The van der Waals surface area contributed by atoms with Crippen molar-refractivity contribution in [2.24, 2.45) is 0 Å². The lowest BCUT2D eigenvalue weighted by molar-refractivity contribution is -0.119. The van der Waals surface area contributed by atoms with Crippen LogP contribution in [0, 0.1) is 0 Å². The molecular formula is C17H15Cl2NO. The first kappa shape index (κ1) is 14.4. The van der Waals surface area contributed by atoms with Crippen molar-refractivity contribution in [3.63, 3.8) is 0 Å². The van der Waals surface area contributed by atoms with Crippen LogP contribution in [0.4, 0.5) is 0 Å². The minimum atomic E-state index is -0.389. The Bertz CT molecular complexity index is 686. The van der Waals surface area contributed by atoms with Gasteiger partial charge in [-0.2, -0.15) is 0 Å². The van der Waals surface area contributed by atoms with Crippen LogP contribution in [-0.4, -0.2) is 5.91 Å². The first-order chi connectivity index (χ1) is 10.0. The van der Waals surface area contributed by atoms with Crippen molar-refractivity contribution in [3.05, 3.63) is 69.7 Å². The number of amides is 1. The second kappa shape index (κ2) is 5.36. The molecular weight excluding hydrogens is 305 g/mol. The van der Waals surface area contributed by atoms with Gasteiger partial charge in [-0.05, 0) is 23.3 Å². The number of hydrogen-bond acceptors (Lipinski definition) is 1. The van der Waals surface area contributed by atoms with Gasteiger partial charge in [0.25, 0.3) is 0 Å². The Morgan fingerprint density at radius 1 is 1.14 bits per heavy atom. The molecule has 1 N–H and O–H groups in total. The highest BCUT2D eigenvalue weighted by molar-refractivity contribution is 6.35. The van der Waals surface area contributed by atoms with Crippen molar-refractivity contribution in [2.45, 2.75) is 24.8 Å². The van der Waals surface area contributed by atoms with E-state index in [0.29, 0.717) is 16.5 Å². The summed E-state index contributed by atoms with van der Waals surface area (Å²) in [5, 5.41) is 4.27. The van der Waals surface area contributed by atoms with Crippen molar-refractivity contribution in [2.75, 3.05) is 0 Å². The highest BCUT2D eigenvalue weighted by Crippen LogP contribution is 2.46. The quantitative estimate of drug-likeness (QED) is 0.866. The fraction of sp³-hybridized carbons (Fsp3) is 0.235. The summed E-state index contributed by atoms with van der Waals surface area (Å²) in [7, 11) is 0. The molecule has 0 aromatic heterocycles. The SMILES string of the molecule is CC1(c2ccc(Cl)cc2Cl)CC(=O)NC1c1ccccc1. The fourth-order valence-corrected chi connectivity index (χ4v) is 3.73. The minimum absolute atomic E-state index is 0.0392. The molecule has 0 aliphatic carbocycles. The third-order valence-electron chi connectivity index (χ3n) is 4.15. The van der Waals surface area contributed by atoms with Crippen molar-refractivity contribution < 1.29 is 4.79 Å². The summed E-state index contributed by atoms with van der Waals surface area (Å²) < 4.78 is 0. The summed E-state index contributed by atoms with van der Waals surface area (Å²) in [6.45, 7) is 2.07. The standard InChI is InChI=1S/C17H15Cl2NO/c1-17(13-8-7-12(18)9-14(13)19)10-15(21)20-16(17)11-5-3-2-4-6-11/h2-9,16H,10H2,1H3,(H,20,21). The number of halogens is 2. The van der Waals surface area contributed by atoms with E-state index in [1.54, 1.807) is 6.07 Å². The van der Waals surface area contributed by atoms with Gasteiger partial charge in [0, 0.05) is 21.9 Å². The summed E-state index contributed by atoms with van der Waals surface area (Å²) in [5.74, 6) is 0.0392. The summed E-state index contributed by atoms with van der Waals surface area (Å²) in [6, 6.07) is 15.3. The first-order valence-corrected chi connectivity index (χ1v) is 7.56. The van der Waals surface area contributed by atoms with E-state index < -0.39 is 0 Å². The molecule has 1 fully saturated rings. The van der Waals surface area contributed by atoms with E-state index in [1.165, 1.54) is 0 Å². The van der Waals surface area contributed by atoms with Gasteiger partial charge in [-0.25, -0.2) is 0 Å². The molecule has 1 aliphatic rings. The van der Waals surface area contributed by atoms with Crippen LogP contribution in [0.25, 0.3) is 0 Å². The van der Waals surface area contributed by atoms with Crippen LogP contribution < -0.4 is 5.32 Å². The maximum Gasteiger partial charge on any atom is 0.221 e. The summed E-state index contributed by atoms with van der Waals surface area (Å²) in [4.78, 5) is 12.0. The van der Waals surface area contributed by atoms with Crippen molar-refractivity contribution in [1.29, 1.82) is 0 Å². The van der Waals surface area contributed by atoms with Gasteiger partial charge in [0.1, 0.15) is 0 Å². The third kappa shape index (κ3) is 2.54. The van der Waals surface area contributed by atoms with Gasteiger partial charge < -0.3 is 5.32 Å². The molecule has 0 saturated carbocycles. The number of rotatable bonds is 2. The van der Waals surface area contributed by atoms with E-state index in [2.05, 4.69) is 12.2 Å². The Hall–Kier alpha value is -1.51. The molecule has 2 atom stereocenters. The molecule has 0 spiro atoms. The Kier molecular flexibility index (Phi) is 3.68. The molecule has 4 heteroatoms. The average Bonchev–Trinajstić information content (AvgIpc) is 2.75. The highest BCUT2D eigenvalue weighted by atomic mass is 35.5. The minimum Gasteiger partial charge on any atom is -0.348 e. The Balaban J connectivity index is 2.10. The molecule has 2 aromatic carbocycles. The summed E-state index contributed by atoms with van der Waals surface area (Å²) in [5.41, 5.74) is 1.64. The van der Waals surface area contributed by atoms with Gasteiger partial charge in [0.2, 0.25) is 5.91 Å². The van der Waals surface area contributed by atoms with E-state index in [-0.39, 0.29) is 17.4 Å². The van der Waals surface area contributed by atoms with E-state index in [9.17, 15) is 4.79 Å². The molecule has 108 valence electrons. The Labute approximate surface area is 134 Å². The van der Waals surface area contributed by atoms with Gasteiger partial charge in [0.05, 0.1) is 6.04 Å². The molecule has 2 nitrogen and oxygen atoms in total. The van der Waals surface area contributed by atoms with Gasteiger partial charge >= 0.3 is 0 Å². The third-order valence-corrected chi connectivity index (χ3v) is 4.70. The largest absolute Gasteiger partial charge is 0.348 e. The zero-order valence-corrected chi connectivity index (χ0v) is 13.1. The van der Waals surface area contributed by atoms with E-state index >= 15 is 0 Å². The number of hydrogen-bond donors (Lipinski definition) is 1. The predicted molar refractivity (Wildman–Crippen MR) is 85.8 cm³/mol. The molecule has 1 heterocycles. The molecule has 1 amide bonds. The van der Waals surface area contributed by atoms with Crippen LogP contribution in [0.5, 0.6) is 0 Å². The molecule has 0 radical (unpaired) electrons. The molecule has 0 bridgehead atoms. The van der Waals surface area contributed by atoms with Gasteiger partial charge in [-0.3, -0.25) is 4.79 Å². The lowest BCUT2D eigenvalue weighted by atomic mass is 9.73. The molecule has 1 aliphatic heterocycles. The summed E-state index contributed by atoms with van der Waals surface area (Å²) >= 11 is 12.4. The van der Waals surface area contributed by atoms with Gasteiger partial charge in [0.15, 0.2) is 0 Å². The van der Waals surface area contributed by atoms with Gasteiger partial charge in [-0.1, -0.05) is 66.5 Å². The second-order valence-electron chi connectivity index (χ2n) is 5.63. The number of carbonyl (C=O) groups is 1. The number of carbonyl (C=O) groups excluding carboxylic acids is 1. The van der Waals surface area contributed by atoms with Crippen LogP contribution in [-0.2, 0) is 10.2 Å². The molecule has 2 unspecified atom stereocenters. The number of benzene rings is 2. The van der Waals surface area contributed by atoms with Crippen LogP contribution in [0.15, 0.2) is 48.5 Å². The summed E-state index contributed by atoms with van der Waals surface area (Å²) in [6.07, 6.45) is 0.411. The molecule has 3 rings (SSSR count). The Morgan fingerprint density at radius 2 is 1.86 bits per heavy atom. The Morgan fingerprint density at radius 3 is 2.52 bits per heavy atom. The van der Waals surface area contributed by atoms with Gasteiger partial charge in [-0.15, -0.1) is 0 Å². The van der Waals surface area contributed by atoms with Crippen LogP contribution in [0.1, 0.15) is 30.5 Å². The monoisotopic (exact) mass is 319 g/mol. The second-order valence-corrected chi connectivity index (χ2v) is 6.47. The topological polar surface area (TPSA) is 29.1 Å². The fourth-order valence-electron chi connectivity index (χ4n) is 3.11. The van der Waals surface area contributed by atoms with Crippen LogP contribution >= 0.6 is 23.2 Å². The zero-order valence-electron chi connectivity index (χ0n) is 11.6. The molecule has 1 saturated heterocycles. The van der Waals surface area contributed by atoms with E-state index in [0.717, 1.165) is 11.1 Å².